The van der Waals surface area contributed by atoms with Crippen LogP contribution in [-0.4, -0.2) is 7.11 Å². The fraction of sp³-hybridized carbons (Fsp3) is 0.333. The summed E-state index contributed by atoms with van der Waals surface area (Å²) in [5.41, 5.74) is 3.98. The van der Waals surface area contributed by atoms with E-state index in [-0.39, 0.29) is 0 Å². The van der Waals surface area contributed by atoms with Gasteiger partial charge >= 0.3 is 0 Å². The Labute approximate surface area is 121 Å². The third-order valence-corrected chi connectivity index (χ3v) is 3.66. The monoisotopic (exact) mass is 269 g/mol. The van der Waals surface area contributed by atoms with Crippen molar-refractivity contribution in [3.8, 4) is 5.75 Å². The fourth-order valence-electron chi connectivity index (χ4n) is 2.17. The van der Waals surface area contributed by atoms with Gasteiger partial charge in [0.1, 0.15) is 5.75 Å². The van der Waals surface area contributed by atoms with Gasteiger partial charge in [-0.3, -0.25) is 0 Å². The molecule has 0 fully saturated rings. The van der Waals surface area contributed by atoms with E-state index in [1.165, 1.54) is 16.7 Å². The number of ether oxygens (including phenoxy) is 1. The van der Waals surface area contributed by atoms with Crippen molar-refractivity contribution in [2.75, 3.05) is 7.11 Å². The highest BCUT2D eigenvalue weighted by molar-refractivity contribution is 5.29. The van der Waals surface area contributed by atoms with E-state index in [2.05, 4.69) is 55.6 Å². The van der Waals surface area contributed by atoms with Crippen LogP contribution in [0.4, 0.5) is 0 Å². The van der Waals surface area contributed by atoms with Gasteiger partial charge in [0.25, 0.3) is 0 Å². The molecule has 2 aromatic carbocycles. The van der Waals surface area contributed by atoms with Crippen molar-refractivity contribution in [2.24, 2.45) is 0 Å². The van der Waals surface area contributed by atoms with Gasteiger partial charge in [-0.05, 0) is 42.2 Å². The first-order valence-electron chi connectivity index (χ1n) is 7.18. The molecule has 0 radical (unpaired) electrons. The molecule has 0 bridgehead atoms. The van der Waals surface area contributed by atoms with Gasteiger partial charge in [0.2, 0.25) is 0 Å². The van der Waals surface area contributed by atoms with Crippen molar-refractivity contribution in [1.82, 2.24) is 5.32 Å². The number of benzene rings is 2. The lowest BCUT2D eigenvalue weighted by molar-refractivity contribution is 0.414. The summed E-state index contributed by atoms with van der Waals surface area (Å²) in [5, 5.41) is 3.55. The Morgan fingerprint density at radius 1 is 0.950 bits per heavy atom. The van der Waals surface area contributed by atoms with Gasteiger partial charge in [-0.1, -0.05) is 43.3 Å². The molecule has 2 heteroatoms. The number of methoxy groups -OCH3 is 1. The van der Waals surface area contributed by atoms with Crippen LogP contribution in [0.2, 0.25) is 0 Å². The normalized spacial score (nSPS) is 12.2. The van der Waals surface area contributed by atoms with E-state index in [9.17, 15) is 0 Å². The minimum Gasteiger partial charge on any atom is -0.497 e. The largest absolute Gasteiger partial charge is 0.497 e. The summed E-state index contributed by atoms with van der Waals surface area (Å²) >= 11 is 0. The predicted molar refractivity (Wildman–Crippen MR) is 84.1 cm³/mol. The van der Waals surface area contributed by atoms with Crippen LogP contribution in [0.5, 0.6) is 5.75 Å². The average molecular weight is 269 g/mol. The highest BCUT2D eigenvalue weighted by atomic mass is 16.5. The summed E-state index contributed by atoms with van der Waals surface area (Å²) in [6.45, 7) is 5.25. The van der Waals surface area contributed by atoms with Crippen molar-refractivity contribution in [1.29, 1.82) is 0 Å². The van der Waals surface area contributed by atoms with E-state index in [1.54, 1.807) is 7.11 Å². The maximum absolute atomic E-state index is 5.18. The van der Waals surface area contributed by atoms with Crippen LogP contribution >= 0.6 is 0 Å². The maximum atomic E-state index is 5.18. The van der Waals surface area contributed by atoms with Crippen molar-refractivity contribution in [3.05, 3.63) is 65.2 Å². The molecule has 0 aromatic heterocycles. The fourth-order valence-corrected chi connectivity index (χ4v) is 2.17. The van der Waals surface area contributed by atoms with Crippen molar-refractivity contribution >= 4 is 0 Å². The van der Waals surface area contributed by atoms with Gasteiger partial charge in [0, 0.05) is 12.6 Å². The quantitative estimate of drug-likeness (QED) is 0.852. The SMILES string of the molecule is CCc1ccc(CN[C@H](C)c2ccc(OC)cc2)cc1. The predicted octanol–water partition coefficient (Wildman–Crippen LogP) is 4.11. The Morgan fingerprint density at radius 2 is 1.55 bits per heavy atom. The molecule has 1 atom stereocenters. The van der Waals surface area contributed by atoms with Gasteiger partial charge in [-0.15, -0.1) is 0 Å². The van der Waals surface area contributed by atoms with Crippen LogP contribution in [0.25, 0.3) is 0 Å². The van der Waals surface area contributed by atoms with Crippen molar-refractivity contribution in [2.45, 2.75) is 32.9 Å². The second-order valence-corrected chi connectivity index (χ2v) is 5.05. The molecular formula is C18H23NO. The molecule has 2 rings (SSSR count). The van der Waals surface area contributed by atoms with Crippen LogP contribution in [0.15, 0.2) is 48.5 Å². The zero-order chi connectivity index (χ0) is 14.4. The Morgan fingerprint density at radius 3 is 2.10 bits per heavy atom. The highest BCUT2D eigenvalue weighted by Gasteiger charge is 2.05. The molecule has 20 heavy (non-hydrogen) atoms. The Kier molecular flexibility index (Phi) is 5.19. The summed E-state index contributed by atoms with van der Waals surface area (Å²) in [7, 11) is 1.69. The maximum Gasteiger partial charge on any atom is 0.118 e. The van der Waals surface area contributed by atoms with Crippen LogP contribution in [-0.2, 0) is 13.0 Å². The van der Waals surface area contributed by atoms with Crippen LogP contribution in [0.3, 0.4) is 0 Å². The summed E-state index contributed by atoms with van der Waals surface area (Å²) in [5.74, 6) is 0.899. The molecule has 0 aliphatic heterocycles. The molecule has 0 unspecified atom stereocenters. The third-order valence-electron chi connectivity index (χ3n) is 3.66. The number of rotatable bonds is 6. The standard InChI is InChI=1S/C18H23NO/c1-4-15-5-7-16(8-6-15)13-19-14(2)17-9-11-18(20-3)12-10-17/h5-12,14,19H,4,13H2,1-3H3/t14-/m1/s1. The number of hydrogen-bond acceptors (Lipinski definition) is 2. The smallest absolute Gasteiger partial charge is 0.118 e. The van der Waals surface area contributed by atoms with E-state index in [0.29, 0.717) is 6.04 Å². The minimum atomic E-state index is 0.326. The zero-order valence-electron chi connectivity index (χ0n) is 12.5. The van der Waals surface area contributed by atoms with Gasteiger partial charge in [-0.2, -0.15) is 0 Å². The van der Waals surface area contributed by atoms with E-state index < -0.39 is 0 Å². The lowest BCUT2D eigenvalue weighted by Gasteiger charge is -2.15. The number of nitrogens with one attached hydrogen (secondary N) is 1. The molecule has 0 spiro atoms. The molecule has 0 heterocycles. The first-order valence-corrected chi connectivity index (χ1v) is 7.18. The van der Waals surface area contributed by atoms with E-state index in [1.807, 2.05) is 12.1 Å². The number of aryl methyl sites for hydroxylation is 1. The topological polar surface area (TPSA) is 21.3 Å². The second kappa shape index (κ2) is 7.11. The summed E-state index contributed by atoms with van der Waals surface area (Å²) < 4.78 is 5.18. The minimum absolute atomic E-state index is 0.326. The molecule has 106 valence electrons. The van der Waals surface area contributed by atoms with Crippen molar-refractivity contribution in [3.63, 3.8) is 0 Å². The molecule has 0 saturated heterocycles. The first-order chi connectivity index (χ1) is 9.72. The molecule has 0 aliphatic carbocycles. The molecule has 2 aromatic rings. The van der Waals surface area contributed by atoms with E-state index in [4.69, 9.17) is 4.74 Å². The average Bonchev–Trinajstić information content (AvgIpc) is 2.53. The molecule has 0 aliphatic rings. The third kappa shape index (κ3) is 3.84. The lowest BCUT2D eigenvalue weighted by atomic mass is 10.1. The van der Waals surface area contributed by atoms with Gasteiger partial charge in [0.05, 0.1) is 7.11 Å². The summed E-state index contributed by atoms with van der Waals surface area (Å²) in [6, 6.07) is 17.4. The zero-order valence-corrected chi connectivity index (χ0v) is 12.5. The summed E-state index contributed by atoms with van der Waals surface area (Å²) in [4.78, 5) is 0. The first kappa shape index (κ1) is 14.6. The van der Waals surface area contributed by atoms with Crippen LogP contribution in [0.1, 0.15) is 36.6 Å². The van der Waals surface area contributed by atoms with E-state index >= 15 is 0 Å². The lowest BCUT2D eigenvalue weighted by Crippen LogP contribution is -2.18. The van der Waals surface area contributed by atoms with Gasteiger partial charge in [-0.25, -0.2) is 0 Å². The Balaban J connectivity index is 1.91. The van der Waals surface area contributed by atoms with Gasteiger partial charge in [0.15, 0.2) is 0 Å². The molecule has 1 N–H and O–H groups in total. The van der Waals surface area contributed by atoms with Crippen LogP contribution < -0.4 is 10.1 Å². The van der Waals surface area contributed by atoms with E-state index in [0.717, 1.165) is 18.7 Å². The Bertz CT molecular complexity index is 516. The number of hydrogen-bond donors (Lipinski definition) is 1. The van der Waals surface area contributed by atoms with Crippen molar-refractivity contribution < 1.29 is 4.74 Å². The highest BCUT2D eigenvalue weighted by Crippen LogP contribution is 2.17. The molecule has 0 amide bonds. The molecule has 2 nitrogen and oxygen atoms in total. The van der Waals surface area contributed by atoms with Crippen LogP contribution in [0, 0.1) is 0 Å². The summed E-state index contributed by atoms with van der Waals surface area (Å²) in [6.07, 6.45) is 1.09. The Hall–Kier alpha value is -1.80. The molecular weight excluding hydrogens is 246 g/mol. The molecule has 0 saturated carbocycles. The van der Waals surface area contributed by atoms with Gasteiger partial charge < -0.3 is 10.1 Å². The second-order valence-electron chi connectivity index (χ2n) is 5.05.